The van der Waals surface area contributed by atoms with Crippen LogP contribution in [0.2, 0.25) is 0 Å². The lowest BCUT2D eigenvalue weighted by Crippen LogP contribution is -2.39. The Kier molecular flexibility index (Phi) is 7.33. The van der Waals surface area contributed by atoms with Gasteiger partial charge in [-0.2, -0.15) is 0 Å². The average Bonchev–Trinajstić information content (AvgIpc) is 2.54. The number of benzene rings is 1. The van der Waals surface area contributed by atoms with Crippen molar-refractivity contribution in [3.05, 3.63) is 22.2 Å². The molecule has 126 valence electrons. The van der Waals surface area contributed by atoms with E-state index in [9.17, 15) is 14.4 Å². The lowest BCUT2D eigenvalue weighted by molar-refractivity contribution is -0.123. The van der Waals surface area contributed by atoms with E-state index < -0.39 is 24.5 Å². The van der Waals surface area contributed by atoms with E-state index in [-0.39, 0.29) is 5.56 Å². The van der Waals surface area contributed by atoms with Crippen molar-refractivity contribution in [1.82, 2.24) is 10.6 Å². The number of carbonyl (C=O) groups is 3. The van der Waals surface area contributed by atoms with Gasteiger partial charge in [0, 0.05) is 7.05 Å². The second-order valence-corrected chi connectivity index (χ2v) is 4.98. The van der Waals surface area contributed by atoms with Gasteiger partial charge in [0.1, 0.15) is 0 Å². The summed E-state index contributed by atoms with van der Waals surface area (Å²) in [6.45, 7) is 1.66. The highest BCUT2D eigenvalue weighted by Gasteiger charge is 2.17. The molecule has 0 bridgehead atoms. The summed E-state index contributed by atoms with van der Waals surface area (Å²) in [7, 11) is 2.80. The van der Waals surface area contributed by atoms with Gasteiger partial charge in [0.05, 0.1) is 23.8 Å². The molecule has 0 radical (unpaired) electrons. The predicted molar refractivity (Wildman–Crippen MR) is 84.7 cm³/mol. The second kappa shape index (κ2) is 8.99. The SMILES string of the molecule is CCOc1c(Br)cc(C(=O)OCC(=O)NC(=O)NC)cc1OC. The smallest absolute Gasteiger partial charge is 0.338 e. The number of halogens is 1. The number of esters is 1. The van der Waals surface area contributed by atoms with E-state index in [2.05, 4.69) is 21.2 Å². The highest BCUT2D eigenvalue weighted by Crippen LogP contribution is 2.36. The minimum Gasteiger partial charge on any atom is -0.493 e. The minimum absolute atomic E-state index is 0.171. The Morgan fingerprint density at radius 3 is 2.52 bits per heavy atom. The lowest BCUT2D eigenvalue weighted by atomic mass is 10.2. The standard InChI is InChI=1S/C14H17BrN2O6/c1-4-22-12-9(15)5-8(6-10(12)21-3)13(19)23-7-11(18)17-14(20)16-2/h5-6H,4,7H2,1-3H3,(H2,16,17,18,20). The summed E-state index contributed by atoms with van der Waals surface area (Å²) in [5.41, 5.74) is 0.171. The molecule has 2 N–H and O–H groups in total. The number of urea groups is 1. The van der Waals surface area contributed by atoms with Crippen LogP contribution in [0.5, 0.6) is 11.5 Å². The zero-order valence-electron chi connectivity index (χ0n) is 12.9. The van der Waals surface area contributed by atoms with Crippen LogP contribution in [0.3, 0.4) is 0 Å². The summed E-state index contributed by atoms with van der Waals surface area (Å²) in [5, 5.41) is 4.18. The monoisotopic (exact) mass is 388 g/mol. The van der Waals surface area contributed by atoms with Crippen molar-refractivity contribution in [1.29, 1.82) is 0 Å². The van der Waals surface area contributed by atoms with Crippen LogP contribution in [0, 0.1) is 0 Å². The number of rotatable bonds is 6. The van der Waals surface area contributed by atoms with Gasteiger partial charge in [-0.1, -0.05) is 0 Å². The molecule has 0 aromatic heterocycles. The maximum atomic E-state index is 12.0. The molecule has 0 atom stereocenters. The van der Waals surface area contributed by atoms with Crippen LogP contribution in [0.1, 0.15) is 17.3 Å². The average molecular weight is 389 g/mol. The molecule has 0 saturated heterocycles. The Bertz CT molecular complexity index is 605. The maximum absolute atomic E-state index is 12.0. The molecule has 0 aliphatic carbocycles. The fourth-order valence-electron chi connectivity index (χ4n) is 1.56. The van der Waals surface area contributed by atoms with E-state index >= 15 is 0 Å². The van der Waals surface area contributed by atoms with E-state index in [4.69, 9.17) is 14.2 Å². The number of imide groups is 1. The Morgan fingerprint density at radius 1 is 1.26 bits per heavy atom. The fourth-order valence-corrected chi connectivity index (χ4v) is 2.12. The number of hydrogen-bond donors (Lipinski definition) is 2. The van der Waals surface area contributed by atoms with Gasteiger partial charge < -0.3 is 19.5 Å². The van der Waals surface area contributed by atoms with Gasteiger partial charge in [-0.15, -0.1) is 0 Å². The summed E-state index contributed by atoms with van der Waals surface area (Å²) < 4.78 is 15.9. The van der Waals surface area contributed by atoms with E-state index in [1.165, 1.54) is 26.3 Å². The van der Waals surface area contributed by atoms with Crippen molar-refractivity contribution in [2.45, 2.75) is 6.92 Å². The molecule has 1 aromatic carbocycles. The van der Waals surface area contributed by atoms with Crippen LogP contribution in [0.15, 0.2) is 16.6 Å². The molecule has 8 nitrogen and oxygen atoms in total. The Labute approximate surface area is 141 Å². The molecule has 1 aromatic rings. The van der Waals surface area contributed by atoms with Gasteiger partial charge in [0.15, 0.2) is 18.1 Å². The van der Waals surface area contributed by atoms with E-state index in [0.717, 1.165) is 0 Å². The van der Waals surface area contributed by atoms with Crippen molar-refractivity contribution < 1.29 is 28.6 Å². The van der Waals surface area contributed by atoms with Gasteiger partial charge >= 0.3 is 12.0 Å². The lowest BCUT2D eigenvalue weighted by Gasteiger charge is -2.13. The number of nitrogens with one attached hydrogen (secondary N) is 2. The van der Waals surface area contributed by atoms with Crippen LogP contribution in [-0.4, -0.2) is 45.3 Å². The topological polar surface area (TPSA) is 103 Å². The zero-order chi connectivity index (χ0) is 17.4. The molecular formula is C14H17BrN2O6. The molecule has 0 aliphatic rings. The predicted octanol–water partition coefficient (Wildman–Crippen LogP) is 1.47. The first kappa shape index (κ1) is 18.8. The number of carbonyl (C=O) groups excluding carboxylic acids is 3. The second-order valence-electron chi connectivity index (χ2n) is 4.13. The number of methoxy groups -OCH3 is 1. The van der Waals surface area contributed by atoms with Crippen LogP contribution < -0.4 is 20.1 Å². The molecule has 0 fully saturated rings. The first-order chi connectivity index (χ1) is 10.9. The minimum atomic E-state index is -0.741. The van der Waals surface area contributed by atoms with Gasteiger partial charge in [-0.25, -0.2) is 9.59 Å². The number of amides is 3. The van der Waals surface area contributed by atoms with E-state index in [0.29, 0.717) is 22.6 Å². The molecule has 3 amide bonds. The fraction of sp³-hybridized carbons (Fsp3) is 0.357. The van der Waals surface area contributed by atoms with Gasteiger partial charge in [0.25, 0.3) is 5.91 Å². The summed E-state index contributed by atoms with van der Waals surface area (Å²) in [6.07, 6.45) is 0. The van der Waals surface area contributed by atoms with Crippen LogP contribution in [-0.2, 0) is 9.53 Å². The summed E-state index contributed by atoms with van der Waals surface area (Å²) in [6, 6.07) is 2.25. The van der Waals surface area contributed by atoms with Crippen LogP contribution >= 0.6 is 15.9 Å². The number of hydrogen-bond acceptors (Lipinski definition) is 6. The summed E-state index contributed by atoms with van der Waals surface area (Å²) in [5.74, 6) is -0.666. The molecule has 9 heteroatoms. The van der Waals surface area contributed by atoms with Crippen LogP contribution in [0.4, 0.5) is 4.79 Å². The van der Waals surface area contributed by atoms with Crippen molar-refractivity contribution in [3.8, 4) is 11.5 Å². The first-order valence-electron chi connectivity index (χ1n) is 6.61. The summed E-state index contributed by atoms with van der Waals surface area (Å²) >= 11 is 3.29. The number of ether oxygens (including phenoxy) is 3. The Hall–Kier alpha value is -2.29. The van der Waals surface area contributed by atoms with E-state index in [1.54, 1.807) is 0 Å². The van der Waals surface area contributed by atoms with Gasteiger partial charge in [-0.05, 0) is 35.0 Å². The third-order valence-electron chi connectivity index (χ3n) is 2.57. The van der Waals surface area contributed by atoms with Crippen molar-refractivity contribution in [2.75, 3.05) is 27.4 Å². The highest BCUT2D eigenvalue weighted by atomic mass is 79.9. The molecule has 0 spiro atoms. The Balaban J connectivity index is 2.78. The molecule has 0 aliphatic heterocycles. The van der Waals surface area contributed by atoms with Crippen molar-refractivity contribution >= 4 is 33.8 Å². The van der Waals surface area contributed by atoms with E-state index in [1.807, 2.05) is 12.2 Å². The largest absolute Gasteiger partial charge is 0.493 e. The molecule has 1 rings (SSSR count). The molecule has 0 heterocycles. The van der Waals surface area contributed by atoms with Gasteiger partial charge in [-0.3, -0.25) is 10.1 Å². The van der Waals surface area contributed by atoms with Crippen molar-refractivity contribution in [3.63, 3.8) is 0 Å². The third-order valence-corrected chi connectivity index (χ3v) is 3.16. The van der Waals surface area contributed by atoms with Crippen LogP contribution in [0.25, 0.3) is 0 Å². The highest BCUT2D eigenvalue weighted by molar-refractivity contribution is 9.10. The maximum Gasteiger partial charge on any atom is 0.338 e. The third kappa shape index (κ3) is 5.44. The quantitative estimate of drug-likeness (QED) is 0.715. The summed E-state index contributed by atoms with van der Waals surface area (Å²) in [4.78, 5) is 34.3. The molecular weight excluding hydrogens is 372 g/mol. The first-order valence-corrected chi connectivity index (χ1v) is 7.41. The molecule has 0 unspecified atom stereocenters. The van der Waals surface area contributed by atoms with Gasteiger partial charge in [0.2, 0.25) is 0 Å². The normalized spacial score (nSPS) is 9.74. The molecule has 0 saturated carbocycles. The zero-order valence-corrected chi connectivity index (χ0v) is 14.5. The molecule has 23 heavy (non-hydrogen) atoms. The van der Waals surface area contributed by atoms with Crippen molar-refractivity contribution in [2.24, 2.45) is 0 Å². The Morgan fingerprint density at radius 2 is 1.96 bits per heavy atom.